The van der Waals surface area contributed by atoms with Crippen molar-refractivity contribution in [3.05, 3.63) is 69.8 Å². The Labute approximate surface area is 151 Å². The standard InChI is InChI=1S/C23H30O2/c1-6-20(21-10-8-16(3)18(5)12-21)14-22(23(24)25)13-19-9-7-15(2)17(4)11-19/h7-12,20,22H,6,13-14H2,1-5H3,(H,24,25)/t20?,22-/m1/s1. The van der Waals surface area contributed by atoms with E-state index in [4.69, 9.17) is 0 Å². The molecule has 0 saturated carbocycles. The van der Waals surface area contributed by atoms with Crippen LogP contribution in [0.4, 0.5) is 0 Å². The molecule has 0 fully saturated rings. The van der Waals surface area contributed by atoms with Gasteiger partial charge in [-0.15, -0.1) is 0 Å². The molecule has 0 radical (unpaired) electrons. The first-order valence-electron chi connectivity index (χ1n) is 9.17. The van der Waals surface area contributed by atoms with Crippen LogP contribution in [0.5, 0.6) is 0 Å². The van der Waals surface area contributed by atoms with Crippen LogP contribution in [0.1, 0.15) is 59.1 Å². The maximum absolute atomic E-state index is 11.9. The largest absolute Gasteiger partial charge is 0.481 e. The van der Waals surface area contributed by atoms with Gasteiger partial charge in [0.2, 0.25) is 0 Å². The fourth-order valence-corrected chi connectivity index (χ4v) is 3.39. The van der Waals surface area contributed by atoms with Crippen molar-refractivity contribution in [3.8, 4) is 0 Å². The lowest BCUT2D eigenvalue weighted by molar-refractivity contribution is -0.142. The molecule has 2 atom stereocenters. The molecule has 0 aliphatic carbocycles. The zero-order valence-electron chi connectivity index (χ0n) is 16.1. The van der Waals surface area contributed by atoms with Gasteiger partial charge in [-0.2, -0.15) is 0 Å². The molecule has 0 amide bonds. The quantitative estimate of drug-likeness (QED) is 0.698. The summed E-state index contributed by atoms with van der Waals surface area (Å²) in [6.07, 6.45) is 2.23. The Balaban J connectivity index is 2.19. The summed E-state index contributed by atoms with van der Waals surface area (Å²) in [6, 6.07) is 12.8. The van der Waals surface area contributed by atoms with Gasteiger partial charge in [0, 0.05) is 0 Å². The summed E-state index contributed by atoms with van der Waals surface area (Å²) in [5, 5.41) is 9.75. The molecule has 1 N–H and O–H groups in total. The number of carbonyl (C=O) groups is 1. The van der Waals surface area contributed by atoms with E-state index in [9.17, 15) is 9.90 Å². The molecule has 0 aliphatic rings. The molecular weight excluding hydrogens is 308 g/mol. The van der Waals surface area contributed by atoms with E-state index in [0.717, 1.165) is 12.0 Å². The summed E-state index contributed by atoms with van der Waals surface area (Å²) in [4.78, 5) is 11.9. The van der Waals surface area contributed by atoms with Gasteiger partial charge < -0.3 is 5.11 Å². The van der Waals surface area contributed by atoms with E-state index in [1.165, 1.54) is 27.8 Å². The van der Waals surface area contributed by atoms with Gasteiger partial charge in [-0.25, -0.2) is 0 Å². The third kappa shape index (κ3) is 4.94. The Bertz CT molecular complexity index is 746. The Hall–Kier alpha value is -2.09. The number of aryl methyl sites for hydroxylation is 4. The van der Waals surface area contributed by atoms with Gasteiger partial charge in [-0.05, 0) is 86.3 Å². The average molecular weight is 338 g/mol. The van der Waals surface area contributed by atoms with Crippen molar-refractivity contribution in [2.45, 2.75) is 59.8 Å². The minimum atomic E-state index is -0.694. The first-order valence-corrected chi connectivity index (χ1v) is 9.17. The van der Waals surface area contributed by atoms with E-state index in [-0.39, 0.29) is 11.8 Å². The minimum Gasteiger partial charge on any atom is -0.481 e. The highest BCUT2D eigenvalue weighted by molar-refractivity contribution is 5.70. The van der Waals surface area contributed by atoms with Crippen LogP contribution < -0.4 is 0 Å². The highest BCUT2D eigenvalue weighted by Crippen LogP contribution is 2.30. The molecular formula is C23H30O2. The number of carboxylic acids is 1. The number of hydrogen-bond acceptors (Lipinski definition) is 1. The third-order valence-corrected chi connectivity index (χ3v) is 5.47. The summed E-state index contributed by atoms with van der Waals surface area (Å²) in [5.74, 6) is -0.763. The van der Waals surface area contributed by atoms with E-state index < -0.39 is 5.97 Å². The van der Waals surface area contributed by atoms with E-state index in [0.29, 0.717) is 12.8 Å². The normalized spacial score (nSPS) is 13.5. The van der Waals surface area contributed by atoms with Crippen LogP contribution in [0.2, 0.25) is 0 Å². The first kappa shape index (κ1) is 19.2. The zero-order valence-corrected chi connectivity index (χ0v) is 16.1. The maximum Gasteiger partial charge on any atom is 0.306 e. The number of aliphatic carboxylic acids is 1. The lowest BCUT2D eigenvalue weighted by atomic mass is 9.83. The van der Waals surface area contributed by atoms with Crippen LogP contribution in [-0.4, -0.2) is 11.1 Å². The topological polar surface area (TPSA) is 37.3 Å². The summed E-state index contributed by atoms with van der Waals surface area (Å²) in [6.45, 7) is 10.5. The number of carboxylic acid groups (broad SMARTS) is 1. The van der Waals surface area contributed by atoms with Gasteiger partial charge in [0.05, 0.1) is 5.92 Å². The van der Waals surface area contributed by atoms with Gasteiger partial charge in [-0.1, -0.05) is 43.3 Å². The molecule has 2 rings (SSSR count). The maximum atomic E-state index is 11.9. The predicted octanol–water partition coefficient (Wildman–Crippen LogP) is 5.75. The molecule has 0 aliphatic heterocycles. The highest BCUT2D eigenvalue weighted by atomic mass is 16.4. The molecule has 2 nitrogen and oxygen atoms in total. The van der Waals surface area contributed by atoms with E-state index in [2.05, 4.69) is 71.0 Å². The van der Waals surface area contributed by atoms with E-state index in [1.54, 1.807) is 0 Å². The van der Waals surface area contributed by atoms with Crippen LogP contribution in [0, 0.1) is 33.6 Å². The smallest absolute Gasteiger partial charge is 0.306 e. The second kappa shape index (κ2) is 8.33. The van der Waals surface area contributed by atoms with E-state index >= 15 is 0 Å². The molecule has 2 aromatic rings. The van der Waals surface area contributed by atoms with Crippen LogP contribution >= 0.6 is 0 Å². The van der Waals surface area contributed by atoms with Crippen molar-refractivity contribution in [2.24, 2.45) is 5.92 Å². The van der Waals surface area contributed by atoms with Crippen LogP contribution in [-0.2, 0) is 11.2 Å². The van der Waals surface area contributed by atoms with E-state index in [1.807, 2.05) is 0 Å². The molecule has 0 heterocycles. The summed E-state index contributed by atoms with van der Waals surface area (Å²) >= 11 is 0. The molecule has 134 valence electrons. The highest BCUT2D eigenvalue weighted by Gasteiger charge is 2.23. The molecule has 1 unspecified atom stereocenters. The summed E-state index contributed by atoms with van der Waals surface area (Å²) in [7, 11) is 0. The van der Waals surface area contributed by atoms with Crippen LogP contribution in [0.25, 0.3) is 0 Å². The predicted molar refractivity (Wildman–Crippen MR) is 104 cm³/mol. The van der Waals surface area contributed by atoms with Crippen molar-refractivity contribution in [3.63, 3.8) is 0 Å². The van der Waals surface area contributed by atoms with Crippen molar-refractivity contribution in [1.82, 2.24) is 0 Å². The molecule has 0 spiro atoms. The fraction of sp³-hybridized carbons (Fsp3) is 0.435. The first-order chi connectivity index (χ1) is 11.8. The minimum absolute atomic E-state index is 0.284. The lowest BCUT2D eigenvalue weighted by Crippen LogP contribution is -2.19. The van der Waals surface area contributed by atoms with Gasteiger partial charge in [0.15, 0.2) is 0 Å². The Morgan fingerprint density at radius 2 is 1.52 bits per heavy atom. The van der Waals surface area contributed by atoms with Crippen molar-refractivity contribution in [2.75, 3.05) is 0 Å². The Kier molecular flexibility index (Phi) is 6.41. The summed E-state index contributed by atoms with van der Waals surface area (Å²) < 4.78 is 0. The molecule has 0 bridgehead atoms. The monoisotopic (exact) mass is 338 g/mol. The van der Waals surface area contributed by atoms with Crippen molar-refractivity contribution < 1.29 is 9.90 Å². The second-order valence-electron chi connectivity index (χ2n) is 7.34. The van der Waals surface area contributed by atoms with Crippen molar-refractivity contribution in [1.29, 1.82) is 0 Å². The van der Waals surface area contributed by atoms with Gasteiger partial charge in [-0.3, -0.25) is 4.79 Å². The molecule has 0 saturated heterocycles. The van der Waals surface area contributed by atoms with Gasteiger partial charge in [0.25, 0.3) is 0 Å². The fourth-order valence-electron chi connectivity index (χ4n) is 3.39. The SMILES string of the molecule is CCC(C[C@@H](Cc1ccc(C)c(C)c1)C(=O)O)c1ccc(C)c(C)c1. The molecule has 25 heavy (non-hydrogen) atoms. The Morgan fingerprint density at radius 1 is 0.920 bits per heavy atom. The number of rotatable bonds is 7. The summed E-state index contributed by atoms with van der Waals surface area (Å²) in [5.41, 5.74) is 7.41. The number of hydrogen-bond donors (Lipinski definition) is 1. The van der Waals surface area contributed by atoms with Crippen molar-refractivity contribution >= 4 is 5.97 Å². The third-order valence-electron chi connectivity index (χ3n) is 5.47. The van der Waals surface area contributed by atoms with Gasteiger partial charge >= 0.3 is 5.97 Å². The second-order valence-corrected chi connectivity index (χ2v) is 7.34. The zero-order chi connectivity index (χ0) is 18.6. The molecule has 0 aromatic heterocycles. The molecule has 2 aromatic carbocycles. The number of benzene rings is 2. The molecule has 2 heteroatoms. The van der Waals surface area contributed by atoms with Crippen LogP contribution in [0.3, 0.4) is 0 Å². The lowest BCUT2D eigenvalue weighted by Gasteiger charge is -2.21. The Morgan fingerprint density at radius 3 is 2.04 bits per heavy atom. The average Bonchev–Trinajstić information content (AvgIpc) is 2.57. The van der Waals surface area contributed by atoms with Crippen LogP contribution in [0.15, 0.2) is 36.4 Å². The van der Waals surface area contributed by atoms with Gasteiger partial charge in [0.1, 0.15) is 0 Å².